The van der Waals surface area contributed by atoms with Crippen molar-refractivity contribution in [2.45, 2.75) is 0 Å². The first-order valence-corrected chi connectivity index (χ1v) is 6.52. The van der Waals surface area contributed by atoms with E-state index < -0.39 is 5.97 Å². The minimum atomic E-state index is -0.955. The van der Waals surface area contributed by atoms with E-state index in [-0.39, 0.29) is 5.56 Å². The van der Waals surface area contributed by atoms with Gasteiger partial charge < -0.3 is 10.1 Å². The van der Waals surface area contributed by atoms with Gasteiger partial charge in [0.25, 0.3) is 0 Å². The van der Waals surface area contributed by atoms with E-state index >= 15 is 0 Å². The number of aromatic nitrogens is 3. The van der Waals surface area contributed by atoms with Crippen LogP contribution in [0.3, 0.4) is 0 Å². The van der Waals surface area contributed by atoms with E-state index in [2.05, 4.69) is 15.2 Å². The highest BCUT2D eigenvalue weighted by Gasteiger charge is 2.18. The molecule has 2 heterocycles. The molecule has 4 aromatic rings. The van der Waals surface area contributed by atoms with Crippen LogP contribution in [0.2, 0.25) is 0 Å². The molecule has 5 heteroatoms. The van der Waals surface area contributed by atoms with Crippen molar-refractivity contribution in [1.82, 2.24) is 15.2 Å². The molecule has 0 aliphatic heterocycles. The molecule has 0 aliphatic rings. The van der Waals surface area contributed by atoms with Gasteiger partial charge in [-0.25, -0.2) is 4.79 Å². The van der Waals surface area contributed by atoms with Crippen molar-refractivity contribution in [3.8, 4) is 11.3 Å². The van der Waals surface area contributed by atoms with E-state index in [1.54, 1.807) is 12.1 Å². The van der Waals surface area contributed by atoms with E-state index in [9.17, 15) is 9.90 Å². The van der Waals surface area contributed by atoms with Gasteiger partial charge in [0.05, 0.1) is 11.1 Å². The number of carboxylic acid groups (broad SMARTS) is 1. The standard InChI is InChI=1S/C16H11N3O2/c20-16(21)10-5-3-7-13-14(10)15(19-18-13)11-8-17-12-6-2-1-4-9(11)12/h1-8,17H,(H,18,19)(H,20,21). The topological polar surface area (TPSA) is 81.8 Å². The third-order valence-electron chi connectivity index (χ3n) is 3.66. The lowest BCUT2D eigenvalue weighted by molar-refractivity contribution is 0.0699. The number of carbonyl (C=O) groups is 1. The maximum Gasteiger partial charge on any atom is 0.336 e. The predicted octanol–water partition coefficient (Wildman–Crippen LogP) is 3.41. The zero-order valence-corrected chi connectivity index (χ0v) is 10.9. The van der Waals surface area contributed by atoms with Crippen molar-refractivity contribution < 1.29 is 9.90 Å². The van der Waals surface area contributed by atoms with Crippen LogP contribution < -0.4 is 0 Å². The molecule has 0 atom stereocenters. The summed E-state index contributed by atoms with van der Waals surface area (Å²) in [7, 11) is 0. The number of para-hydroxylation sites is 1. The number of carboxylic acids is 1. The molecule has 0 spiro atoms. The Morgan fingerprint density at radius 2 is 1.86 bits per heavy atom. The fraction of sp³-hybridized carbons (Fsp3) is 0. The first-order valence-electron chi connectivity index (χ1n) is 6.52. The number of aromatic amines is 2. The molecule has 5 nitrogen and oxygen atoms in total. The molecule has 21 heavy (non-hydrogen) atoms. The quantitative estimate of drug-likeness (QED) is 0.525. The summed E-state index contributed by atoms with van der Waals surface area (Å²) < 4.78 is 0. The highest BCUT2D eigenvalue weighted by atomic mass is 16.4. The average Bonchev–Trinajstić information content (AvgIpc) is 3.09. The Morgan fingerprint density at radius 1 is 1.05 bits per heavy atom. The summed E-state index contributed by atoms with van der Waals surface area (Å²) in [5.74, 6) is -0.955. The molecule has 0 aliphatic carbocycles. The molecular formula is C16H11N3O2. The SMILES string of the molecule is O=C(O)c1cccc2[nH]nc(-c3c[nH]c4ccccc34)c12. The molecule has 102 valence electrons. The van der Waals surface area contributed by atoms with Crippen LogP contribution >= 0.6 is 0 Å². The third-order valence-corrected chi connectivity index (χ3v) is 3.66. The van der Waals surface area contributed by atoms with E-state index in [0.717, 1.165) is 22.0 Å². The summed E-state index contributed by atoms with van der Waals surface area (Å²) >= 11 is 0. The molecule has 0 unspecified atom stereocenters. The summed E-state index contributed by atoms with van der Waals surface area (Å²) in [5, 5.41) is 18.3. The molecule has 0 saturated heterocycles. The van der Waals surface area contributed by atoms with Gasteiger partial charge in [0.1, 0.15) is 5.69 Å². The normalized spacial score (nSPS) is 11.2. The maximum atomic E-state index is 11.4. The van der Waals surface area contributed by atoms with Gasteiger partial charge in [-0.2, -0.15) is 5.10 Å². The fourth-order valence-corrected chi connectivity index (χ4v) is 2.71. The molecule has 0 fully saturated rings. The van der Waals surface area contributed by atoms with Crippen LogP contribution in [0.15, 0.2) is 48.7 Å². The number of hydrogen-bond acceptors (Lipinski definition) is 2. The average molecular weight is 277 g/mol. The largest absolute Gasteiger partial charge is 0.478 e. The number of nitrogens with one attached hydrogen (secondary N) is 2. The first kappa shape index (κ1) is 11.7. The van der Waals surface area contributed by atoms with Crippen LogP contribution in [-0.2, 0) is 0 Å². The Balaban J connectivity index is 2.09. The summed E-state index contributed by atoms with van der Waals surface area (Å²) in [5.41, 5.74) is 3.51. The molecule has 0 radical (unpaired) electrons. The van der Waals surface area contributed by atoms with Crippen LogP contribution in [0, 0.1) is 0 Å². The van der Waals surface area contributed by atoms with Crippen molar-refractivity contribution >= 4 is 27.8 Å². The van der Waals surface area contributed by atoms with Gasteiger partial charge in [0.2, 0.25) is 0 Å². The predicted molar refractivity (Wildman–Crippen MR) is 80.3 cm³/mol. The maximum absolute atomic E-state index is 11.4. The van der Waals surface area contributed by atoms with E-state index in [1.165, 1.54) is 0 Å². The number of hydrogen-bond donors (Lipinski definition) is 3. The Kier molecular flexibility index (Phi) is 2.35. The Bertz CT molecular complexity index is 981. The highest BCUT2D eigenvalue weighted by Crippen LogP contribution is 2.33. The number of nitrogens with zero attached hydrogens (tertiary/aromatic N) is 1. The van der Waals surface area contributed by atoms with Crippen molar-refractivity contribution in [1.29, 1.82) is 0 Å². The van der Waals surface area contributed by atoms with Gasteiger partial charge in [-0.1, -0.05) is 24.3 Å². The minimum absolute atomic E-state index is 0.251. The number of aromatic carboxylic acids is 1. The molecule has 4 rings (SSSR count). The van der Waals surface area contributed by atoms with Gasteiger partial charge >= 0.3 is 5.97 Å². The van der Waals surface area contributed by atoms with Crippen LogP contribution in [0.4, 0.5) is 0 Å². The number of H-pyrrole nitrogens is 2. The van der Waals surface area contributed by atoms with Gasteiger partial charge in [0.15, 0.2) is 0 Å². The lowest BCUT2D eigenvalue weighted by atomic mass is 10.0. The van der Waals surface area contributed by atoms with Gasteiger partial charge in [-0.3, -0.25) is 5.10 Å². The Morgan fingerprint density at radius 3 is 2.71 bits per heavy atom. The van der Waals surface area contributed by atoms with Crippen molar-refractivity contribution in [3.63, 3.8) is 0 Å². The van der Waals surface area contributed by atoms with Gasteiger partial charge in [-0.05, 0) is 18.2 Å². The molecule has 2 aromatic carbocycles. The molecule has 0 amide bonds. The van der Waals surface area contributed by atoms with Crippen molar-refractivity contribution in [3.05, 3.63) is 54.2 Å². The summed E-state index contributed by atoms with van der Waals surface area (Å²) in [6.07, 6.45) is 1.86. The van der Waals surface area contributed by atoms with Crippen LogP contribution in [-0.4, -0.2) is 26.3 Å². The highest BCUT2D eigenvalue weighted by molar-refractivity contribution is 6.11. The lowest BCUT2D eigenvalue weighted by Gasteiger charge is -2.00. The zero-order chi connectivity index (χ0) is 14.4. The molecule has 0 saturated carbocycles. The van der Waals surface area contributed by atoms with E-state index in [1.807, 2.05) is 36.5 Å². The second kappa shape index (κ2) is 4.21. The Labute approximate surface area is 119 Å². The van der Waals surface area contributed by atoms with Crippen LogP contribution in [0.5, 0.6) is 0 Å². The summed E-state index contributed by atoms with van der Waals surface area (Å²) in [4.78, 5) is 14.6. The molecular weight excluding hydrogens is 266 g/mol. The number of benzene rings is 2. The third kappa shape index (κ3) is 1.64. The first-order chi connectivity index (χ1) is 10.3. The fourth-order valence-electron chi connectivity index (χ4n) is 2.71. The molecule has 2 aromatic heterocycles. The zero-order valence-electron chi connectivity index (χ0n) is 10.9. The monoisotopic (exact) mass is 277 g/mol. The summed E-state index contributed by atoms with van der Waals surface area (Å²) in [6, 6.07) is 13.0. The van der Waals surface area contributed by atoms with Crippen molar-refractivity contribution in [2.24, 2.45) is 0 Å². The summed E-state index contributed by atoms with van der Waals surface area (Å²) in [6.45, 7) is 0. The van der Waals surface area contributed by atoms with Crippen LogP contribution in [0.25, 0.3) is 33.1 Å². The van der Waals surface area contributed by atoms with Gasteiger partial charge in [-0.15, -0.1) is 0 Å². The second-order valence-corrected chi connectivity index (χ2v) is 4.85. The second-order valence-electron chi connectivity index (χ2n) is 4.85. The minimum Gasteiger partial charge on any atom is -0.478 e. The molecule has 0 bridgehead atoms. The van der Waals surface area contributed by atoms with E-state index in [0.29, 0.717) is 11.1 Å². The number of fused-ring (bicyclic) bond motifs is 2. The smallest absolute Gasteiger partial charge is 0.336 e. The van der Waals surface area contributed by atoms with Crippen LogP contribution in [0.1, 0.15) is 10.4 Å². The molecule has 3 N–H and O–H groups in total. The number of rotatable bonds is 2. The van der Waals surface area contributed by atoms with Gasteiger partial charge in [0, 0.05) is 28.0 Å². The van der Waals surface area contributed by atoms with Crippen molar-refractivity contribution in [2.75, 3.05) is 0 Å². The van der Waals surface area contributed by atoms with E-state index in [4.69, 9.17) is 0 Å². The Hall–Kier alpha value is -3.08. The lowest BCUT2D eigenvalue weighted by Crippen LogP contribution is -1.96.